The normalized spacial score (nSPS) is 14.1. The van der Waals surface area contributed by atoms with Crippen molar-refractivity contribution in [3.63, 3.8) is 0 Å². The first-order valence-corrected chi connectivity index (χ1v) is 2.34. The standard InChI is InChI=1S/C4H12N2O/c1-6-3-4(7)2-5/h4,6-7H,2-3,5H2,1H3. The van der Waals surface area contributed by atoms with Crippen LogP contribution in [0.4, 0.5) is 0 Å². The van der Waals surface area contributed by atoms with Crippen LogP contribution in [0.15, 0.2) is 0 Å². The molecule has 0 aliphatic heterocycles. The Kier molecular flexibility index (Phi) is 3.98. The number of rotatable bonds is 3. The van der Waals surface area contributed by atoms with Gasteiger partial charge in [0.2, 0.25) is 0 Å². The summed E-state index contributed by atoms with van der Waals surface area (Å²) in [5.41, 5.74) is 5.07. The fourth-order valence-electron chi connectivity index (χ4n) is 0.319. The van der Waals surface area contributed by atoms with E-state index >= 15 is 0 Å². The Morgan fingerprint density at radius 2 is 2.43 bits per heavy atom. The molecule has 3 nitrogen and oxygen atoms in total. The Morgan fingerprint density at radius 3 is 2.57 bits per heavy atom. The number of nitrogens with one attached hydrogen (secondary N) is 1. The van der Waals surface area contributed by atoms with Gasteiger partial charge in [-0.25, -0.2) is 0 Å². The summed E-state index contributed by atoms with van der Waals surface area (Å²) in [6.45, 7) is 0.914. The summed E-state index contributed by atoms with van der Waals surface area (Å²) in [6.07, 6.45) is -0.384. The maximum absolute atomic E-state index is 8.67. The van der Waals surface area contributed by atoms with Gasteiger partial charge in [-0.3, -0.25) is 0 Å². The van der Waals surface area contributed by atoms with Gasteiger partial charge in [-0.1, -0.05) is 0 Å². The third-order valence-electron chi connectivity index (χ3n) is 0.712. The summed E-state index contributed by atoms with van der Waals surface area (Å²) in [5, 5.41) is 11.5. The number of nitrogens with two attached hydrogens (primary N) is 1. The molecule has 0 saturated carbocycles. The lowest BCUT2D eigenvalue weighted by atomic mass is 10.4. The summed E-state index contributed by atoms with van der Waals surface area (Å²) >= 11 is 0. The minimum Gasteiger partial charge on any atom is -0.390 e. The van der Waals surface area contributed by atoms with Crippen LogP contribution in [0.2, 0.25) is 0 Å². The fraction of sp³-hybridized carbons (Fsp3) is 1.00. The van der Waals surface area contributed by atoms with Gasteiger partial charge in [0.25, 0.3) is 0 Å². The Morgan fingerprint density at radius 1 is 1.86 bits per heavy atom. The Hall–Kier alpha value is -0.120. The van der Waals surface area contributed by atoms with Gasteiger partial charge in [0, 0.05) is 13.1 Å². The summed E-state index contributed by atoms with van der Waals surface area (Å²) < 4.78 is 0. The van der Waals surface area contributed by atoms with Crippen LogP contribution >= 0.6 is 0 Å². The molecule has 0 saturated heterocycles. The minimum absolute atomic E-state index is 0.334. The largest absolute Gasteiger partial charge is 0.390 e. The van der Waals surface area contributed by atoms with E-state index in [1.165, 1.54) is 0 Å². The number of hydrogen-bond donors (Lipinski definition) is 3. The van der Waals surface area contributed by atoms with Gasteiger partial charge in [0.05, 0.1) is 6.10 Å². The summed E-state index contributed by atoms with van der Waals surface area (Å²) in [4.78, 5) is 0. The second-order valence-electron chi connectivity index (χ2n) is 1.45. The van der Waals surface area contributed by atoms with Crippen molar-refractivity contribution in [2.45, 2.75) is 6.10 Å². The molecule has 1 atom stereocenters. The number of hydrogen-bond acceptors (Lipinski definition) is 3. The highest BCUT2D eigenvalue weighted by molar-refractivity contribution is 4.55. The van der Waals surface area contributed by atoms with E-state index in [9.17, 15) is 0 Å². The highest BCUT2D eigenvalue weighted by atomic mass is 16.3. The molecule has 0 amide bonds. The number of aliphatic hydroxyl groups is 1. The zero-order valence-electron chi connectivity index (χ0n) is 4.52. The van der Waals surface area contributed by atoms with Crippen molar-refractivity contribution in [1.82, 2.24) is 5.32 Å². The van der Waals surface area contributed by atoms with Crippen LogP contribution in [0.3, 0.4) is 0 Å². The van der Waals surface area contributed by atoms with Gasteiger partial charge in [0.15, 0.2) is 0 Å². The smallest absolute Gasteiger partial charge is 0.0786 e. The molecule has 0 heterocycles. The van der Waals surface area contributed by atoms with Crippen molar-refractivity contribution in [1.29, 1.82) is 0 Å². The molecule has 0 aromatic carbocycles. The number of aliphatic hydroxyl groups excluding tert-OH is 1. The third-order valence-corrected chi connectivity index (χ3v) is 0.712. The predicted molar refractivity (Wildman–Crippen MR) is 29.0 cm³/mol. The first-order valence-electron chi connectivity index (χ1n) is 2.34. The van der Waals surface area contributed by atoms with Gasteiger partial charge < -0.3 is 16.2 Å². The van der Waals surface area contributed by atoms with Crippen molar-refractivity contribution in [2.24, 2.45) is 5.73 Å². The van der Waals surface area contributed by atoms with E-state index in [1.807, 2.05) is 0 Å². The zero-order chi connectivity index (χ0) is 5.70. The molecular formula is C4H12N2O. The summed E-state index contributed by atoms with van der Waals surface area (Å²) in [7, 11) is 1.78. The van der Waals surface area contributed by atoms with Gasteiger partial charge in [0.1, 0.15) is 0 Å². The predicted octanol–water partition coefficient (Wildman–Crippen LogP) is -1.47. The number of likely N-dealkylation sites (N-methyl/N-ethyl adjacent to an activating group) is 1. The van der Waals surface area contributed by atoms with Crippen molar-refractivity contribution < 1.29 is 5.11 Å². The molecule has 0 aliphatic carbocycles. The molecule has 0 rings (SSSR count). The van der Waals surface area contributed by atoms with Gasteiger partial charge in [-0.2, -0.15) is 0 Å². The second-order valence-corrected chi connectivity index (χ2v) is 1.45. The molecule has 3 heteroatoms. The van der Waals surface area contributed by atoms with E-state index in [-0.39, 0.29) is 6.10 Å². The summed E-state index contributed by atoms with van der Waals surface area (Å²) in [5.74, 6) is 0. The lowest BCUT2D eigenvalue weighted by Gasteiger charge is -2.03. The van der Waals surface area contributed by atoms with Crippen molar-refractivity contribution in [2.75, 3.05) is 20.1 Å². The first kappa shape index (κ1) is 6.88. The molecule has 1 unspecified atom stereocenters. The van der Waals surface area contributed by atoms with Crippen LogP contribution in [0.1, 0.15) is 0 Å². The molecule has 7 heavy (non-hydrogen) atoms. The highest BCUT2D eigenvalue weighted by Crippen LogP contribution is 1.69. The molecule has 0 radical (unpaired) electrons. The Bertz CT molecular complexity index is 40.7. The average Bonchev–Trinajstić information content (AvgIpc) is 1.68. The van der Waals surface area contributed by atoms with Crippen LogP contribution < -0.4 is 11.1 Å². The Balaban J connectivity index is 2.83. The highest BCUT2D eigenvalue weighted by Gasteiger charge is 1.94. The van der Waals surface area contributed by atoms with Gasteiger partial charge in [-0.05, 0) is 7.05 Å². The van der Waals surface area contributed by atoms with Crippen LogP contribution in [-0.2, 0) is 0 Å². The van der Waals surface area contributed by atoms with Gasteiger partial charge in [-0.15, -0.1) is 0 Å². The van der Waals surface area contributed by atoms with Crippen molar-refractivity contribution >= 4 is 0 Å². The molecule has 0 aliphatic rings. The molecule has 0 aromatic rings. The molecular weight excluding hydrogens is 92.1 g/mol. The van der Waals surface area contributed by atoms with Crippen molar-refractivity contribution in [3.05, 3.63) is 0 Å². The van der Waals surface area contributed by atoms with E-state index in [1.54, 1.807) is 7.05 Å². The lowest BCUT2D eigenvalue weighted by molar-refractivity contribution is 0.182. The minimum atomic E-state index is -0.384. The van der Waals surface area contributed by atoms with Crippen LogP contribution in [0.25, 0.3) is 0 Å². The van der Waals surface area contributed by atoms with Gasteiger partial charge >= 0.3 is 0 Å². The average molecular weight is 104 g/mol. The molecule has 0 aromatic heterocycles. The maximum Gasteiger partial charge on any atom is 0.0786 e. The van der Waals surface area contributed by atoms with E-state index < -0.39 is 0 Å². The molecule has 0 spiro atoms. The van der Waals surface area contributed by atoms with E-state index in [0.717, 1.165) is 0 Å². The monoisotopic (exact) mass is 104 g/mol. The topological polar surface area (TPSA) is 58.3 Å². The second kappa shape index (κ2) is 4.05. The zero-order valence-corrected chi connectivity index (χ0v) is 4.52. The molecule has 0 fully saturated rings. The first-order chi connectivity index (χ1) is 3.31. The van der Waals surface area contributed by atoms with Crippen LogP contribution in [0.5, 0.6) is 0 Å². The fourth-order valence-corrected chi connectivity index (χ4v) is 0.319. The summed E-state index contributed by atoms with van der Waals surface area (Å²) in [6, 6.07) is 0. The van der Waals surface area contributed by atoms with E-state index in [4.69, 9.17) is 10.8 Å². The molecule has 44 valence electrons. The third kappa shape index (κ3) is 3.72. The van der Waals surface area contributed by atoms with Crippen molar-refractivity contribution in [3.8, 4) is 0 Å². The van der Waals surface area contributed by atoms with E-state index in [0.29, 0.717) is 13.1 Å². The lowest BCUT2D eigenvalue weighted by Crippen LogP contribution is -2.30. The van der Waals surface area contributed by atoms with Crippen LogP contribution in [-0.4, -0.2) is 31.3 Å². The maximum atomic E-state index is 8.67. The molecule has 4 N–H and O–H groups in total. The van der Waals surface area contributed by atoms with Crippen LogP contribution in [0, 0.1) is 0 Å². The van der Waals surface area contributed by atoms with E-state index in [2.05, 4.69) is 5.32 Å². The quantitative estimate of drug-likeness (QED) is 0.409. The SMILES string of the molecule is CNCC(O)CN. The Labute approximate surface area is 43.5 Å². The molecule has 0 bridgehead atoms.